The fraction of sp³-hybridized carbons (Fsp3) is 0.333. The molecule has 2 aromatic heterocycles. The number of fused-ring (bicyclic) bond motifs is 1. The van der Waals surface area contributed by atoms with E-state index in [0.717, 1.165) is 34.2 Å². The Hall–Kier alpha value is -2.76. The van der Waals surface area contributed by atoms with Gasteiger partial charge in [-0.2, -0.15) is 4.98 Å². The molecular weight excluding hydrogens is 304 g/mol. The molecule has 3 rings (SSSR count). The van der Waals surface area contributed by atoms with E-state index in [1.807, 2.05) is 30.3 Å². The predicted molar refractivity (Wildman–Crippen MR) is 94.9 cm³/mol. The first-order valence-electron chi connectivity index (χ1n) is 7.91. The van der Waals surface area contributed by atoms with Gasteiger partial charge in [0.05, 0.1) is 26.3 Å². The largest absolute Gasteiger partial charge is 0.497 e. The van der Waals surface area contributed by atoms with Gasteiger partial charge in [-0.1, -0.05) is 0 Å². The number of pyridine rings is 1. The number of rotatable bonds is 6. The van der Waals surface area contributed by atoms with Crippen LogP contribution in [0.1, 0.15) is 19.4 Å². The summed E-state index contributed by atoms with van der Waals surface area (Å²) in [6, 6.07) is 10.1. The van der Waals surface area contributed by atoms with Crippen LogP contribution in [0.4, 0.5) is 5.95 Å². The van der Waals surface area contributed by atoms with E-state index in [2.05, 4.69) is 33.7 Å². The van der Waals surface area contributed by atoms with Crippen molar-refractivity contribution in [3.8, 4) is 11.5 Å². The van der Waals surface area contributed by atoms with Crippen molar-refractivity contribution in [1.29, 1.82) is 0 Å². The molecule has 0 atom stereocenters. The van der Waals surface area contributed by atoms with E-state index in [-0.39, 0.29) is 6.04 Å². The van der Waals surface area contributed by atoms with E-state index in [1.165, 1.54) is 0 Å². The molecule has 0 aliphatic carbocycles. The molecule has 0 aliphatic heterocycles. The molecular formula is C18H22N4O2. The zero-order valence-corrected chi connectivity index (χ0v) is 14.4. The zero-order valence-electron chi connectivity index (χ0n) is 14.4. The minimum atomic E-state index is 0.276. The third kappa shape index (κ3) is 3.13. The lowest BCUT2D eigenvalue weighted by molar-refractivity contribution is 0.390. The number of hydrogen-bond donors (Lipinski definition) is 1. The summed E-state index contributed by atoms with van der Waals surface area (Å²) in [5, 5.41) is 3.39. The van der Waals surface area contributed by atoms with Crippen LogP contribution < -0.4 is 14.8 Å². The van der Waals surface area contributed by atoms with Gasteiger partial charge in [-0.05, 0) is 38.1 Å². The summed E-state index contributed by atoms with van der Waals surface area (Å²) in [5.74, 6) is 2.36. The highest BCUT2D eigenvalue weighted by atomic mass is 16.5. The molecule has 24 heavy (non-hydrogen) atoms. The van der Waals surface area contributed by atoms with Gasteiger partial charge in [0.1, 0.15) is 11.5 Å². The lowest BCUT2D eigenvalue weighted by atomic mass is 10.2. The highest BCUT2D eigenvalue weighted by Crippen LogP contribution is 2.28. The predicted octanol–water partition coefficient (Wildman–Crippen LogP) is 3.32. The highest BCUT2D eigenvalue weighted by Gasteiger charge is 2.14. The Kier molecular flexibility index (Phi) is 4.55. The Morgan fingerprint density at radius 1 is 1.17 bits per heavy atom. The van der Waals surface area contributed by atoms with Crippen LogP contribution in [-0.4, -0.2) is 34.8 Å². The number of nitrogens with zero attached hydrogens (tertiary/aromatic N) is 3. The lowest BCUT2D eigenvalue weighted by Crippen LogP contribution is -2.15. The summed E-state index contributed by atoms with van der Waals surface area (Å²) in [7, 11) is 3.31. The van der Waals surface area contributed by atoms with Crippen LogP contribution in [0.2, 0.25) is 0 Å². The Morgan fingerprint density at radius 2 is 2.00 bits per heavy atom. The first-order chi connectivity index (χ1) is 11.6. The molecule has 6 nitrogen and oxygen atoms in total. The van der Waals surface area contributed by atoms with Crippen LogP contribution >= 0.6 is 0 Å². The van der Waals surface area contributed by atoms with Crippen molar-refractivity contribution >= 4 is 17.1 Å². The number of aromatic nitrogens is 3. The molecule has 1 aromatic carbocycles. The fourth-order valence-electron chi connectivity index (χ4n) is 2.64. The first-order valence-corrected chi connectivity index (χ1v) is 7.91. The maximum atomic E-state index is 5.52. The molecule has 0 fully saturated rings. The maximum Gasteiger partial charge on any atom is 0.205 e. The van der Waals surface area contributed by atoms with Crippen LogP contribution in [0.25, 0.3) is 11.2 Å². The summed E-state index contributed by atoms with van der Waals surface area (Å²) in [5.41, 5.74) is 2.76. The molecule has 0 unspecified atom stereocenters. The summed E-state index contributed by atoms with van der Waals surface area (Å²) in [6.07, 6.45) is 1.76. The lowest BCUT2D eigenvalue weighted by Gasteiger charge is -2.15. The molecule has 0 amide bonds. The standard InChI is InChI=1S/C18H22N4O2/c1-12(2)20-18-21-17-15(6-5-9-19-17)22(18)11-13-7-8-14(23-3)10-16(13)24-4/h5-10,12H,11H2,1-4H3,(H,19,20,21). The normalized spacial score (nSPS) is 11.0. The molecule has 2 heterocycles. The van der Waals surface area contributed by atoms with Gasteiger partial charge in [0.2, 0.25) is 5.95 Å². The van der Waals surface area contributed by atoms with Gasteiger partial charge in [0.25, 0.3) is 0 Å². The molecule has 0 aliphatic rings. The van der Waals surface area contributed by atoms with E-state index in [0.29, 0.717) is 6.54 Å². The SMILES string of the molecule is COc1ccc(Cn2c(NC(C)C)nc3ncccc32)c(OC)c1. The van der Waals surface area contributed by atoms with Crippen molar-refractivity contribution in [2.24, 2.45) is 0 Å². The smallest absolute Gasteiger partial charge is 0.205 e. The molecule has 0 bridgehead atoms. The second kappa shape index (κ2) is 6.78. The van der Waals surface area contributed by atoms with Gasteiger partial charge in [0, 0.05) is 23.9 Å². The van der Waals surface area contributed by atoms with Crippen molar-refractivity contribution in [2.45, 2.75) is 26.4 Å². The second-order valence-corrected chi connectivity index (χ2v) is 5.84. The molecule has 1 N–H and O–H groups in total. The van der Waals surface area contributed by atoms with E-state index >= 15 is 0 Å². The number of hydrogen-bond acceptors (Lipinski definition) is 5. The Bertz CT molecular complexity index is 842. The van der Waals surface area contributed by atoms with Crippen LogP contribution in [0, 0.1) is 0 Å². The number of ether oxygens (including phenoxy) is 2. The van der Waals surface area contributed by atoms with Gasteiger partial charge in [-0.15, -0.1) is 0 Å². The third-order valence-corrected chi connectivity index (χ3v) is 3.76. The van der Waals surface area contributed by atoms with Crippen LogP contribution in [0.5, 0.6) is 11.5 Å². The quantitative estimate of drug-likeness (QED) is 0.753. The minimum Gasteiger partial charge on any atom is -0.497 e. The summed E-state index contributed by atoms with van der Waals surface area (Å²) in [4.78, 5) is 8.97. The van der Waals surface area contributed by atoms with E-state index in [9.17, 15) is 0 Å². The van der Waals surface area contributed by atoms with Crippen molar-refractivity contribution < 1.29 is 9.47 Å². The monoisotopic (exact) mass is 326 g/mol. The molecule has 0 spiro atoms. The molecule has 0 radical (unpaired) electrons. The molecule has 3 aromatic rings. The summed E-state index contributed by atoms with van der Waals surface area (Å²) >= 11 is 0. The van der Waals surface area contributed by atoms with Crippen LogP contribution in [-0.2, 0) is 6.54 Å². The van der Waals surface area contributed by atoms with Crippen molar-refractivity contribution in [3.05, 3.63) is 42.1 Å². The summed E-state index contributed by atoms with van der Waals surface area (Å²) in [6.45, 7) is 4.81. The average Bonchev–Trinajstić information content (AvgIpc) is 2.92. The van der Waals surface area contributed by atoms with Gasteiger partial charge < -0.3 is 19.4 Å². The third-order valence-electron chi connectivity index (χ3n) is 3.76. The first kappa shape index (κ1) is 16.1. The number of imidazole rings is 1. The van der Waals surface area contributed by atoms with Gasteiger partial charge in [0.15, 0.2) is 5.65 Å². The minimum absolute atomic E-state index is 0.276. The topological polar surface area (TPSA) is 61.2 Å². The van der Waals surface area contributed by atoms with E-state index < -0.39 is 0 Å². The Balaban J connectivity index is 2.06. The van der Waals surface area contributed by atoms with E-state index in [1.54, 1.807) is 20.4 Å². The molecule has 0 saturated heterocycles. The molecule has 0 saturated carbocycles. The van der Waals surface area contributed by atoms with Crippen molar-refractivity contribution in [3.63, 3.8) is 0 Å². The summed E-state index contributed by atoms with van der Waals surface area (Å²) < 4.78 is 12.9. The van der Waals surface area contributed by atoms with Crippen LogP contribution in [0.3, 0.4) is 0 Å². The van der Waals surface area contributed by atoms with Gasteiger partial charge >= 0.3 is 0 Å². The van der Waals surface area contributed by atoms with E-state index in [4.69, 9.17) is 9.47 Å². The van der Waals surface area contributed by atoms with Crippen LogP contribution in [0.15, 0.2) is 36.5 Å². The number of nitrogens with one attached hydrogen (secondary N) is 1. The zero-order chi connectivity index (χ0) is 17.1. The fourth-order valence-corrected chi connectivity index (χ4v) is 2.64. The average molecular weight is 326 g/mol. The molecule has 126 valence electrons. The second-order valence-electron chi connectivity index (χ2n) is 5.84. The van der Waals surface area contributed by atoms with Gasteiger partial charge in [-0.3, -0.25) is 0 Å². The highest BCUT2D eigenvalue weighted by molar-refractivity contribution is 5.74. The van der Waals surface area contributed by atoms with Crippen molar-refractivity contribution in [2.75, 3.05) is 19.5 Å². The Labute approximate surface area is 141 Å². The number of benzene rings is 1. The maximum absolute atomic E-state index is 5.52. The number of methoxy groups -OCH3 is 2. The molecule has 6 heteroatoms. The van der Waals surface area contributed by atoms with Gasteiger partial charge in [-0.25, -0.2) is 4.98 Å². The van der Waals surface area contributed by atoms with Crippen molar-refractivity contribution in [1.82, 2.24) is 14.5 Å². The Morgan fingerprint density at radius 3 is 2.71 bits per heavy atom. The number of anilines is 1.